The van der Waals surface area contributed by atoms with Crippen LogP contribution in [0.4, 0.5) is 5.69 Å². The van der Waals surface area contributed by atoms with E-state index in [-0.39, 0.29) is 24.8 Å². The Labute approximate surface area is 243 Å². The summed E-state index contributed by atoms with van der Waals surface area (Å²) in [7, 11) is -3.82. The summed E-state index contributed by atoms with van der Waals surface area (Å²) in [5.41, 5.74) is 3.69. The number of anilines is 1. The smallest absolute Gasteiger partial charge is 0.244 e. The molecule has 0 aromatic heterocycles. The summed E-state index contributed by atoms with van der Waals surface area (Å²) in [5, 5.41) is 3.53. The molecule has 0 spiro atoms. The van der Waals surface area contributed by atoms with Gasteiger partial charge in [0.05, 0.1) is 11.9 Å². The Hall–Kier alpha value is -3.36. The van der Waals surface area contributed by atoms with Crippen molar-refractivity contribution in [2.75, 3.05) is 23.7 Å². The summed E-state index contributed by atoms with van der Waals surface area (Å²) < 4.78 is 27.1. The van der Waals surface area contributed by atoms with E-state index in [0.29, 0.717) is 17.3 Å². The third-order valence-corrected chi connectivity index (χ3v) is 7.91. The number of hydrogen-bond donors (Lipinski definition) is 1. The number of rotatable bonds is 12. The molecule has 9 heteroatoms. The van der Waals surface area contributed by atoms with E-state index < -0.39 is 28.5 Å². The highest BCUT2D eigenvalue weighted by Crippen LogP contribution is 2.25. The van der Waals surface area contributed by atoms with E-state index >= 15 is 0 Å². The van der Waals surface area contributed by atoms with Crippen LogP contribution in [0.25, 0.3) is 0 Å². The molecule has 3 aromatic rings. The molecule has 0 aliphatic carbocycles. The SMILES string of the molecule is Cc1ccc(C)c(N(CC(=O)N(Cc2ccc(Cl)cc2)C(Cc2ccccc2)C(=O)NCC(C)C)S(C)(=O)=O)c1. The fourth-order valence-electron chi connectivity index (χ4n) is 4.35. The average molecular weight is 584 g/mol. The summed E-state index contributed by atoms with van der Waals surface area (Å²) in [6.07, 6.45) is 1.36. The van der Waals surface area contributed by atoms with Crippen LogP contribution in [-0.4, -0.2) is 50.5 Å². The first-order valence-electron chi connectivity index (χ1n) is 13.3. The van der Waals surface area contributed by atoms with Crippen molar-refractivity contribution in [1.29, 1.82) is 0 Å². The van der Waals surface area contributed by atoms with Gasteiger partial charge in [0, 0.05) is 24.5 Å². The fraction of sp³-hybridized carbons (Fsp3) is 0.355. The second-order valence-electron chi connectivity index (χ2n) is 10.6. The lowest BCUT2D eigenvalue weighted by Crippen LogP contribution is -2.53. The lowest BCUT2D eigenvalue weighted by atomic mass is 10.0. The first kappa shape index (κ1) is 31.2. The number of nitrogens with one attached hydrogen (secondary N) is 1. The molecule has 3 aromatic carbocycles. The standard InChI is InChI=1S/C31H38ClN3O4S/c1-22(2)19-33-31(37)29(18-25-9-7-6-8-10-25)34(20-26-13-15-27(32)16-14-26)30(36)21-35(40(5,38)39)28-17-23(3)11-12-24(28)4/h6-17,22,29H,18-21H2,1-5H3,(H,33,37). The van der Waals surface area contributed by atoms with E-state index in [1.807, 2.05) is 63.2 Å². The van der Waals surface area contributed by atoms with E-state index in [4.69, 9.17) is 11.6 Å². The number of benzene rings is 3. The molecule has 40 heavy (non-hydrogen) atoms. The van der Waals surface area contributed by atoms with E-state index in [1.54, 1.807) is 37.3 Å². The van der Waals surface area contributed by atoms with Crippen molar-refractivity contribution in [3.63, 3.8) is 0 Å². The van der Waals surface area contributed by atoms with Crippen molar-refractivity contribution >= 4 is 39.1 Å². The van der Waals surface area contributed by atoms with Crippen LogP contribution in [0.3, 0.4) is 0 Å². The summed E-state index contributed by atoms with van der Waals surface area (Å²) in [4.78, 5) is 29.2. The zero-order chi connectivity index (χ0) is 29.4. The number of sulfonamides is 1. The lowest BCUT2D eigenvalue weighted by molar-refractivity contribution is -0.140. The van der Waals surface area contributed by atoms with Crippen molar-refractivity contribution in [3.8, 4) is 0 Å². The molecule has 0 saturated heterocycles. The Morgan fingerprint density at radius 1 is 0.925 bits per heavy atom. The second-order valence-corrected chi connectivity index (χ2v) is 12.9. The van der Waals surface area contributed by atoms with E-state index in [1.165, 1.54) is 4.90 Å². The van der Waals surface area contributed by atoms with Gasteiger partial charge < -0.3 is 10.2 Å². The topological polar surface area (TPSA) is 86.8 Å². The third kappa shape index (κ3) is 8.83. The maximum atomic E-state index is 14.1. The van der Waals surface area contributed by atoms with Crippen LogP contribution in [0.1, 0.15) is 36.1 Å². The molecule has 214 valence electrons. The molecule has 0 aliphatic heterocycles. The van der Waals surface area contributed by atoms with Crippen molar-refractivity contribution in [2.45, 2.75) is 46.7 Å². The van der Waals surface area contributed by atoms with Crippen LogP contribution in [0.15, 0.2) is 72.8 Å². The largest absolute Gasteiger partial charge is 0.354 e. The van der Waals surface area contributed by atoms with Crippen molar-refractivity contribution in [2.24, 2.45) is 5.92 Å². The zero-order valence-electron chi connectivity index (χ0n) is 23.7. The van der Waals surface area contributed by atoms with Crippen molar-refractivity contribution < 1.29 is 18.0 Å². The molecular weight excluding hydrogens is 546 g/mol. The van der Waals surface area contributed by atoms with Gasteiger partial charge in [-0.25, -0.2) is 8.42 Å². The first-order valence-corrected chi connectivity index (χ1v) is 15.5. The Balaban J connectivity index is 2.06. The number of hydrogen-bond acceptors (Lipinski definition) is 4. The quantitative estimate of drug-likeness (QED) is 0.320. The predicted octanol–water partition coefficient (Wildman–Crippen LogP) is 5.14. The van der Waals surface area contributed by atoms with Gasteiger partial charge >= 0.3 is 0 Å². The van der Waals surface area contributed by atoms with Gasteiger partial charge in [-0.3, -0.25) is 13.9 Å². The molecule has 1 unspecified atom stereocenters. The van der Waals surface area contributed by atoms with Crippen molar-refractivity contribution in [3.05, 3.63) is 100 Å². The highest BCUT2D eigenvalue weighted by molar-refractivity contribution is 7.92. The van der Waals surface area contributed by atoms with E-state index in [0.717, 1.165) is 32.8 Å². The highest BCUT2D eigenvalue weighted by atomic mass is 35.5. The van der Waals surface area contributed by atoms with E-state index in [2.05, 4.69) is 5.32 Å². The lowest BCUT2D eigenvalue weighted by Gasteiger charge is -2.34. The molecular formula is C31H38ClN3O4S. The molecule has 1 atom stereocenters. The van der Waals surface area contributed by atoms with Gasteiger partial charge in [-0.05, 0) is 60.2 Å². The molecule has 0 radical (unpaired) electrons. The fourth-order valence-corrected chi connectivity index (χ4v) is 5.37. The molecule has 0 aliphatic rings. The van der Waals surface area contributed by atoms with Crippen LogP contribution in [-0.2, 0) is 32.6 Å². The average Bonchev–Trinajstić information content (AvgIpc) is 2.90. The zero-order valence-corrected chi connectivity index (χ0v) is 25.3. The van der Waals surface area contributed by atoms with Crippen LogP contribution in [0.2, 0.25) is 5.02 Å². The summed E-state index contributed by atoms with van der Waals surface area (Å²) >= 11 is 6.10. The Kier molecular flexibility index (Phi) is 10.8. The maximum absolute atomic E-state index is 14.1. The Morgan fingerprint density at radius 3 is 2.17 bits per heavy atom. The maximum Gasteiger partial charge on any atom is 0.244 e. The molecule has 0 heterocycles. The van der Waals surface area contributed by atoms with Gasteiger partial charge in [0.25, 0.3) is 0 Å². The van der Waals surface area contributed by atoms with Gasteiger partial charge in [0.2, 0.25) is 21.8 Å². The number of carbonyl (C=O) groups excluding carboxylic acids is 2. The van der Waals surface area contributed by atoms with E-state index in [9.17, 15) is 18.0 Å². The molecule has 7 nitrogen and oxygen atoms in total. The van der Waals surface area contributed by atoms with Gasteiger partial charge in [0.15, 0.2) is 0 Å². The number of halogens is 1. The van der Waals surface area contributed by atoms with Gasteiger partial charge in [-0.2, -0.15) is 0 Å². The number of carbonyl (C=O) groups is 2. The molecule has 0 saturated carbocycles. The predicted molar refractivity (Wildman–Crippen MR) is 162 cm³/mol. The number of aryl methyl sites for hydroxylation is 2. The van der Waals surface area contributed by atoms with Crippen LogP contribution >= 0.6 is 11.6 Å². The van der Waals surface area contributed by atoms with Crippen molar-refractivity contribution in [1.82, 2.24) is 10.2 Å². The molecule has 0 fully saturated rings. The van der Waals surface area contributed by atoms with Gasteiger partial charge in [-0.1, -0.05) is 80.0 Å². The Bertz CT molecular complexity index is 1410. The van der Waals surface area contributed by atoms with Crippen LogP contribution in [0.5, 0.6) is 0 Å². The molecule has 3 rings (SSSR count). The minimum absolute atomic E-state index is 0.104. The second kappa shape index (κ2) is 13.8. The third-order valence-electron chi connectivity index (χ3n) is 6.53. The van der Waals surface area contributed by atoms with Crippen LogP contribution < -0.4 is 9.62 Å². The molecule has 0 bridgehead atoms. The molecule has 2 amide bonds. The Morgan fingerprint density at radius 2 is 1.57 bits per heavy atom. The minimum Gasteiger partial charge on any atom is -0.354 e. The van der Waals surface area contributed by atoms with Gasteiger partial charge in [-0.15, -0.1) is 0 Å². The summed E-state index contributed by atoms with van der Waals surface area (Å²) in [6.45, 7) is 7.78. The van der Waals surface area contributed by atoms with Crippen LogP contribution in [0, 0.1) is 19.8 Å². The monoisotopic (exact) mass is 583 g/mol. The number of nitrogens with zero attached hydrogens (tertiary/aromatic N) is 2. The van der Waals surface area contributed by atoms with Gasteiger partial charge in [0.1, 0.15) is 12.6 Å². The normalized spacial score (nSPS) is 12.2. The highest BCUT2D eigenvalue weighted by Gasteiger charge is 2.33. The minimum atomic E-state index is -3.82. The number of amides is 2. The first-order chi connectivity index (χ1) is 18.8. The summed E-state index contributed by atoms with van der Waals surface area (Å²) in [5.74, 6) is -0.564. The molecule has 1 N–H and O–H groups in total. The summed E-state index contributed by atoms with van der Waals surface area (Å²) in [6, 6.07) is 21.1.